The highest BCUT2D eigenvalue weighted by Gasteiger charge is 2.22. The number of ether oxygens (including phenoxy) is 5. The normalized spacial score (nSPS) is 10.9. The second kappa shape index (κ2) is 19.6. The molecule has 0 spiro atoms. The lowest BCUT2D eigenvalue weighted by atomic mass is 9.93. The molecule has 7 heteroatoms. The molecule has 0 aliphatic carbocycles. The Bertz CT molecular complexity index is 1400. The molecule has 0 saturated carbocycles. The van der Waals surface area contributed by atoms with E-state index in [2.05, 4.69) is 94.2 Å². The molecule has 47 heavy (non-hydrogen) atoms. The average molecular weight is 769 g/mol. The van der Waals surface area contributed by atoms with E-state index in [4.69, 9.17) is 23.7 Å². The Morgan fingerprint density at radius 3 is 1.21 bits per heavy atom. The average Bonchev–Trinajstić information content (AvgIpc) is 3.10. The number of halogens is 2. The molecule has 0 N–H and O–H groups in total. The topological polar surface area (TPSA) is 46.2 Å². The third kappa shape index (κ3) is 9.93. The molecule has 4 aromatic rings. The first-order valence-electron chi connectivity index (χ1n) is 16.7. The Morgan fingerprint density at radius 1 is 0.489 bits per heavy atom. The fourth-order valence-electron chi connectivity index (χ4n) is 5.68. The highest BCUT2D eigenvalue weighted by molar-refractivity contribution is 9.09. The van der Waals surface area contributed by atoms with Gasteiger partial charge in [-0.05, 0) is 98.2 Å². The Labute approximate surface area is 298 Å². The maximum atomic E-state index is 7.05. The Hall–Kier alpha value is -3.16. The summed E-state index contributed by atoms with van der Waals surface area (Å²) in [6, 6.07) is 24.7. The van der Waals surface area contributed by atoms with E-state index in [9.17, 15) is 0 Å². The van der Waals surface area contributed by atoms with Gasteiger partial charge >= 0.3 is 0 Å². The van der Waals surface area contributed by atoms with Crippen molar-refractivity contribution >= 4 is 31.9 Å². The summed E-state index contributed by atoms with van der Waals surface area (Å²) in [4.78, 5) is 0. The predicted molar refractivity (Wildman–Crippen MR) is 202 cm³/mol. The van der Waals surface area contributed by atoms with Gasteiger partial charge < -0.3 is 23.7 Å². The zero-order valence-corrected chi connectivity index (χ0v) is 31.4. The molecule has 0 radical (unpaired) electrons. The molecule has 0 amide bonds. The van der Waals surface area contributed by atoms with Crippen molar-refractivity contribution in [1.29, 1.82) is 0 Å². The number of methoxy groups -OCH3 is 2. The van der Waals surface area contributed by atoms with Gasteiger partial charge in [0.25, 0.3) is 0 Å². The van der Waals surface area contributed by atoms with Gasteiger partial charge in [-0.1, -0.05) is 82.8 Å². The van der Waals surface area contributed by atoms with E-state index in [1.165, 1.54) is 0 Å². The van der Waals surface area contributed by atoms with E-state index in [0.29, 0.717) is 13.2 Å². The molecule has 0 heterocycles. The first kappa shape index (κ1) is 36.7. The van der Waals surface area contributed by atoms with Crippen LogP contribution in [0, 0.1) is 0 Å². The molecular formula is C40H48Br2O5. The van der Waals surface area contributed by atoms with Crippen molar-refractivity contribution in [3.8, 4) is 56.8 Å². The lowest BCUT2D eigenvalue weighted by Crippen LogP contribution is -2.05. The minimum atomic E-state index is 0.670. The van der Waals surface area contributed by atoms with Crippen LogP contribution in [-0.4, -0.2) is 38.1 Å². The number of rotatable bonds is 20. The number of benzene rings is 4. The summed E-state index contributed by atoms with van der Waals surface area (Å²) < 4.78 is 30.9. The summed E-state index contributed by atoms with van der Waals surface area (Å²) in [7, 11) is 3.38. The summed E-state index contributed by atoms with van der Waals surface area (Å²) in [5, 5.41) is 1.94. The molecular weight excluding hydrogens is 720 g/mol. The van der Waals surface area contributed by atoms with Crippen LogP contribution < -0.4 is 23.7 Å². The summed E-state index contributed by atoms with van der Waals surface area (Å²) in [5.74, 6) is 5.02. The fraction of sp³-hybridized carbons (Fsp3) is 0.400. The second-order valence-corrected chi connectivity index (χ2v) is 13.0. The monoisotopic (exact) mass is 766 g/mol. The van der Waals surface area contributed by atoms with Gasteiger partial charge in [-0.2, -0.15) is 0 Å². The minimum absolute atomic E-state index is 0.670. The predicted octanol–water partition coefficient (Wildman–Crippen LogP) is 11.8. The maximum absolute atomic E-state index is 7.05. The van der Waals surface area contributed by atoms with E-state index in [1.807, 2.05) is 24.3 Å². The van der Waals surface area contributed by atoms with Crippen LogP contribution in [0.3, 0.4) is 0 Å². The van der Waals surface area contributed by atoms with Gasteiger partial charge in [0.15, 0.2) is 0 Å². The molecule has 5 nitrogen and oxygen atoms in total. The molecule has 0 bridgehead atoms. The van der Waals surface area contributed by atoms with E-state index in [-0.39, 0.29) is 0 Å². The van der Waals surface area contributed by atoms with Crippen LogP contribution in [0.4, 0.5) is 0 Å². The van der Waals surface area contributed by atoms with Crippen molar-refractivity contribution in [2.45, 2.75) is 65.2 Å². The van der Waals surface area contributed by atoms with Gasteiger partial charge in [0.1, 0.15) is 34.5 Å². The van der Waals surface area contributed by atoms with Crippen molar-refractivity contribution < 1.29 is 23.7 Å². The molecule has 252 valence electrons. The molecule has 0 aromatic heterocycles. The Balaban J connectivity index is 1.88. The van der Waals surface area contributed by atoms with Crippen LogP contribution in [0.2, 0.25) is 0 Å². The summed E-state index contributed by atoms with van der Waals surface area (Å²) in [5.41, 5.74) is 6.50. The van der Waals surface area contributed by atoms with Crippen LogP contribution in [-0.2, 0) is 12.8 Å². The zero-order valence-electron chi connectivity index (χ0n) is 28.2. The molecule has 0 fully saturated rings. The smallest absolute Gasteiger partial charge is 0.135 e. The quantitative estimate of drug-likeness (QED) is 0.0662. The summed E-state index contributed by atoms with van der Waals surface area (Å²) in [6.45, 7) is 5.75. The fourth-order valence-corrected chi connectivity index (χ4v) is 6.47. The van der Waals surface area contributed by atoms with E-state index < -0.39 is 0 Å². The molecule has 0 aliphatic rings. The standard InChI is InChI=1S/C40H48Br2O5/c1-5-11-33-35(45-27-9-7-25-41)21-23-37(39(33)29-13-17-31(43-3)18-14-29)47-38-24-22-36(46-28-10-8-26-42)34(12-6-2)40(38)30-15-19-32(44-4)20-16-30/h13-24H,5-12,25-28H2,1-4H3. The van der Waals surface area contributed by atoms with E-state index in [0.717, 1.165) is 130 Å². The van der Waals surface area contributed by atoms with Crippen LogP contribution >= 0.6 is 31.9 Å². The lowest BCUT2D eigenvalue weighted by Gasteiger charge is -2.23. The summed E-state index contributed by atoms with van der Waals surface area (Å²) in [6.07, 6.45) is 7.79. The molecule has 4 aromatic carbocycles. The molecule has 0 unspecified atom stereocenters. The number of hydrogen-bond donors (Lipinski definition) is 0. The highest BCUT2D eigenvalue weighted by Crippen LogP contribution is 2.46. The van der Waals surface area contributed by atoms with Crippen molar-refractivity contribution in [3.05, 3.63) is 83.9 Å². The lowest BCUT2D eigenvalue weighted by molar-refractivity contribution is 0.306. The van der Waals surface area contributed by atoms with Crippen molar-refractivity contribution in [2.24, 2.45) is 0 Å². The second-order valence-electron chi connectivity index (χ2n) is 11.4. The molecule has 0 aliphatic heterocycles. The first-order chi connectivity index (χ1) is 23.1. The van der Waals surface area contributed by atoms with Gasteiger partial charge in [-0.25, -0.2) is 0 Å². The van der Waals surface area contributed by atoms with Gasteiger partial charge in [0.05, 0.1) is 27.4 Å². The highest BCUT2D eigenvalue weighted by atomic mass is 79.9. The van der Waals surface area contributed by atoms with Gasteiger partial charge in [-0.3, -0.25) is 0 Å². The van der Waals surface area contributed by atoms with Gasteiger partial charge in [0, 0.05) is 32.9 Å². The number of unbranched alkanes of at least 4 members (excludes halogenated alkanes) is 2. The van der Waals surface area contributed by atoms with Crippen LogP contribution in [0.25, 0.3) is 22.3 Å². The zero-order chi connectivity index (χ0) is 33.4. The third-order valence-corrected chi connectivity index (χ3v) is 9.13. The largest absolute Gasteiger partial charge is 0.497 e. The van der Waals surface area contributed by atoms with Crippen molar-refractivity contribution in [3.63, 3.8) is 0 Å². The maximum Gasteiger partial charge on any atom is 0.135 e. The van der Waals surface area contributed by atoms with Crippen LogP contribution in [0.15, 0.2) is 72.8 Å². The van der Waals surface area contributed by atoms with E-state index >= 15 is 0 Å². The van der Waals surface area contributed by atoms with E-state index in [1.54, 1.807) is 14.2 Å². The van der Waals surface area contributed by atoms with Crippen LogP contribution in [0.5, 0.6) is 34.5 Å². The third-order valence-electron chi connectivity index (χ3n) is 8.01. The molecule has 0 atom stereocenters. The van der Waals surface area contributed by atoms with Gasteiger partial charge in [-0.15, -0.1) is 0 Å². The Kier molecular flexibility index (Phi) is 15.3. The molecule has 0 saturated heterocycles. The number of hydrogen-bond acceptors (Lipinski definition) is 5. The van der Waals surface area contributed by atoms with Crippen LogP contribution in [0.1, 0.15) is 63.5 Å². The molecule has 4 rings (SSSR count). The number of alkyl halides is 2. The first-order valence-corrected chi connectivity index (χ1v) is 19.0. The van der Waals surface area contributed by atoms with Crippen molar-refractivity contribution in [2.75, 3.05) is 38.1 Å². The minimum Gasteiger partial charge on any atom is -0.497 e. The van der Waals surface area contributed by atoms with Gasteiger partial charge in [0.2, 0.25) is 0 Å². The Morgan fingerprint density at radius 2 is 0.872 bits per heavy atom. The SMILES string of the molecule is CCCc1c(OCCCCBr)ccc(Oc2ccc(OCCCCBr)c(CCC)c2-c2ccc(OC)cc2)c1-c1ccc(OC)cc1. The van der Waals surface area contributed by atoms with Crippen molar-refractivity contribution in [1.82, 2.24) is 0 Å². The summed E-state index contributed by atoms with van der Waals surface area (Å²) >= 11 is 7.08.